The summed E-state index contributed by atoms with van der Waals surface area (Å²) in [5.74, 6) is 0. The van der Waals surface area contributed by atoms with Crippen molar-refractivity contribution in [1.29, 1.82) is 0 Å². The molecule has 3 nitrogen and oxygen atoms in total. The van der Waals surface area contributed by atoms with E-state index in [1.165, 1.54) is 0 Å². The van der Waals surface area contributed by atoms with Gasteiger partial charge in [-0.2, -0.15) is 0 Å². The van der Waals surface area contributed by atoms with Crippen LogP contribution < -0.4 is 5.46 Å². The summed E-state index contributed by atoms with van der Waals surface area (Å²) in [7, 11) is -0.300. The lowest BCUT2D eigenvalue weighted by Gasteiger charge is -2.32. The van der Waals surface area contributed by atoms with Gasteiger partial charge in [0, 0.05) is 6.61 Å². The molecule has 20 heavy (non-hydrogen) atoms. The summed E-state index contributed by atoms with van der Waals surface area (Å²) in [5.41, 5.74) is 1.62. The number of hydrogen-bond acceptors (Lipinski definition) is 3. The first-order valence-corrected chi connectivity index (χ1v) is 7.38. The molecule has 0 spiro atoms. The summed E-state index contributed by atoms with van der Waals surface area (Å²) in [6.45, 7) is 11.8. The Labute approximate surface area is 122 Å². The van der Waals surface area contributed by atoms with Gasteiger partial charge in [-0.3, -0.25) is 0 Å². The third-order valence-corrected chi connectivity index (χ3v) is 4.09. The normalized spacial score (nSPS) is 20.4. The van der Waals surface area contributed by atoms with Gasteiger partial charge in [-0.15, -0.1) is 0 Å². The SMILES string of the molecule is CCCOCc1cccc(B2OC(C)(C)C(C)(C)O2)c1. The molecule has 0 aliphatic carbocycles. The second kappa shape index (κ2) is 5.88. The fourth-order valence-electron chi connectivity index (χ4n) is 2.14. The van der Waals surface area contributed by atoms with Crippen molar-refractivity contribution in [1.82, 2.24) is 0 Å². The van der Waals surface area contributed by atoms with Crippen LogP contribution in [-0.4, -0.2) is 24.9 Å². The fourth-order valence-corrected chi connectivity index (χ4v) is 2.14. The lowest BCUT2D eigenvalue weighted by molar-refractivity contribution is 0.00578. The van der Waals surface area contributed by atoms with Crippen molar-refractivity contribution < 1.29 is 14.0 Å². The second-order valence-electron chi connectivity index (χ2n) is 6.39. The third-order valence-electron chi connectivity index (χ3n) is 4.09. The van der Waals surface area contributed by atoms with Crippen LogP contribution in [0.15, 0.2) is 24.3 Å². The summed E-state index contributed by atoms with van der Waals surface area (Å²) < 4.78 is 17.7. The van der Waals surface area contributed by atoms with Crippen LogP contribution in [0.25, 0.3) is 0 Å². The molecule has 0 N–H and O–H groups in total. The summed E-state index contributed by atoms with van der Waals surface area (Å²) >= 11 is 0. The minimum Gasteiger partial charge on any atom is -0.399 e. The van der Waals surface area contributed by atoms with Crippen molar-refractivity contribution in [3.8, 4) is 0 Å². The largest absolute Gasteiger partial charge is 0.494 e. The maximum atomic E-state index is 6.07. The van der Waals surface area contributed by atoms with E-state index in [-0.39, 0.29) is 18.3 Å². The van der Waals surface area contributed by atoms with Gasteiger partial charge in [0.25, 0.3) is 0 Å². The molecule has 0 aromatic heterocycles. The first-order valence-electron chi connectivity index (χ1n) is 7.38. The summed E-state index contributed by atoms with van der Waals surface area (Å²) in [6, 6.07) is 8.26. The second-order valence-corrected chi connectivity index (χ2v) is 6.39. The van der Waals surface area contributed by atoms with Crippen LogP contribution in [-0.2, 0) is 20.7 Å². The Morgan fingerprint density at radius 2 is 1.75 bits per heavy atom. The van der Waals surface area contributed by atoms with Crippen molar-refractivity contribution in [3.63, 3.8) is 0 Å². The van der Waals surface area contributed by atoms with Crippen molar-refractivity contribution in [2.45, 2.75) is 58.8 Å². The van der Waals surface area contributed by atoms with E-state index in [1.54, 1.807) is 0 Å². The molecular weight excluding hydrogens is 251 g/mol. The van der Waals surface area contributed by atoms with E-state index in [0.29, 0.717) is 6.61 Å². The molecule has 1 saturated heterocycles. The van der Waals surface area contributed by atoms with Gasteiger partial charge < -0.3 is 14.0 Å². The molecule has 0 bridgehead atoms. The molecule has 0 atom stereocenters. The molecule has 4 heteroatoms. The van der Waals surface area contributed by atoms with E-state index in [4.69, 9.17) is 14.0 Å². The van der Waals surface area contributed by atoms with Crippen LogP contribution in [0.5, 0.6) is 0 Å². The number of benzene rings is 1. The molecule has 1 fully saturated rings. The van der Waals surface area contributed by atoms with Crippen LogP contribution in [0.2, 0.25) is 0 Å². The molecule has 0 saturated carbocycles. The Bertz CT molecular complexity index is 441. The molecule has 2 rings (SSSR count). The number of rotatable bonds is 5. The Morgan fingerprint density at radius 1 is 1.10 bits per heavy atom. The van der Waals surface area contributed by atoms with Crippen LogP contribution >= 0.6 is 0 Å². The van der Waals surface area contributed by atoms with Crippen molar-refractivity contribution >= 4 is 12.6 Å². The highest BCUT2D eigenvalue weighted by atomic mass is 16.7. The Kier molecular flexibility index (Phi) is 4.57. The first kappa shape index (κ1) is 15.6. The monoisotopic (exact) mass is 276 g/mol. The molecule has 0 unspecified atom stereocenters. The topological polar surface area (TPSA) is 27.7 Å². The van der Waals surface area contributed by atoms with E-state index < -0.39 is 0 Å². The van der Waals surface area contributed by atoms with Gasteiger partial charge in [0.2, 0.25) is 0 Å². The zero-order chi connectivity index (χ0) is 14.8. The highest BCUT2D eigenvalue weighted by molar-refractivity contribution is 6.62. The molecule has 1 aliphatic heterocycles. The maximum Gasteiger partial charge on any atom is 0.494 e. The van der Waals surface area contributed by atoms with Crippen LogP contribution in [0.4, 0.5) is 0 Å². The standard InChI is InChI=1S/C16H25BO3/c1-6-10-18-12-13-8-7-9-14(11-13)17-19-15(2,3)16(4,5)20-17/h7-9,11H,6,10,12H2,1-5H3. The molecule has 0 amide bonds. The van der Waals surface area contributed by atoms with Crippen molar-refractivity contribution in [2.75, 3.05) is 6.61 Å². The minimum absolute atomic E-state index is 0.299. The predicted octanol–water partition coefficient (Wildman–Crippen LogP) is 2.91. The van der Waals surface area contributed by atoms with Crippen LogP contribution in [0.1, 0.15) is 46.6 Å². The molecule has 1 heterocycles. The Balaban J connectivity index is 2.09. The van der Waals surface area contributed by atoms with E-state index in [2.05, 4.69) is 46.8 Å². The molecule has 1 aliphatic rings. The number of ether oxygens (including phenoxy) is 1. The fraction of sp³-hybridized carbons (Fsp3) is 0.625. The van der Waals surface area contributed by atoms with Crippen molar-refractivity contribution in [2.24, 2.45) is 0 Å². The lowest BCUT2D eigenvalue weighted by atomic mass is 9.78. The highest BCUT2D eigenvalue weighted by Crippen LogP contribution is 2.36. The summed E-state index contributed by atoms with van der Waals surface area (Å²) in [6.07, 6.45) is 1.04. The molecule has 0 radical (unpaired) electrons. The Morgan fingerprint density at radius 3 is 2.35 bits per heavy atom. The molecular formula is C16H25BO3. The van der Waals surface area contributed by atoms with Gasteiger partial charge >= 0.3 is 7.12 Å². The van der Waals surface area contributed by atoms with Gasteiger partial charge in [0.15, 0.2) is 0 Å². The molecule has 1 aromatic carbocycles. The zero-order valence-electron chi connectivity index (χ0n) is 13.2. The summed E-state index contributed by atoms with van der Waals surface area (Å²) in [4.78, 5) is 0. The first-order chi connectivity index (χ1) is 9.36. The van der Waals surface area contributed by atoms with E-state index in [0.717, 1.165) is 24.1 Å². The zero-order valence-corrected chi connectivity index (χ0v) is 13.2. The average molecular weight is 276 g/mol. The Hall–Kier alpha value is -0.835. The van der Waals surface area contributed by atoms with Gasteiger partial charge in [-0.05, 0) is 45.1 Å². The quantitative estimate of drug-likeness (QED) is 0.611. The predicted molar refractivity (Wildman–Crippen MR) is 82.1 cm³/mol. The third kappa shape index (κ3) is 3.25. The van der Waals surface area contributed by atoms with Crippen molar-refractivity contribution in [3.05, 3.63) is 29.8 Å². The van der Waals surface area contributed by atoms with E-state index >= 15 is 0 Å². The molecule has 110 valence electrons. The number of hydrogen-bond donors (Lipinski definition) is 0. The average Bonchev–Trinajstić information content (AvgIpc) is 2.59. The van der Waals surface area contributed by atoms with Gasteiger partial charge in [0.1, 0.15) is 0 Å². The van der Waals surface area contributed by atoms with Gasteiger partial charge in [-0.1, -0.05) is 31.2 Å². The lowest BCUT2D eigenvalue weighted by Crippen LogP contribution is -2.41. The smallest absolute Gasteiger partial charge is 0.399 e. The van der Waals surface area contributed by atoms with E-state index in [9.17, 15) is 0 Å². The van der Waals surface area contributed by atoms with Crippen LogP contribution in [0, 0.1) is 0 Å². The summed E-state index contributed by atoms with van der Waals surface area (Å²) in [5, 5.41) is 0. The molecule has 1 aromatic rings. The van der Waals surface area contributed by atoms with Crippen LogP contribution in [0.3, 0.4) is 0 Å². The highest BCUT2D eigenvalue weighted by Gasteiger charge is 2.51. The minimum atomic E-state index is -0.300. The maximum absolute atomic E-state index is 6.07. The van der Waals surface area contributed by atoms with Gasteiger partial charge in [0.05, 0.1) is 17.8 Å². The van der Waals surface area contributed by atoms with E-state index in [1.807, 2.05) is 12.1 Å². The van der Waals surface area contributed by atoms with Gasteiger partial charge in [-0.25, -0.2) is 0 Å².